The van der Waals surface area contributed by atoms with Crippen molar-refractivity contribution in [2.45, 2.75) is 50.9 Å². The Morgan fingerprint density at radius 1 is 1.50 bits per heavy atom. The van der Waals surface area contributed by atoms with Gasteiger partial charge in [0.15, 0.2) is 0 Å². The molecule has 2 aliphatic heterocycles. The third-order valence-electron chi connectivity index (χ3n) is 3.65. The molecule has 0 aromatic carbocycles. The number of hydrogen-bond acceptors (Lipinski definition) is 4. The third kappa shape index (κ3) is 2.72. The summed E-state index contributed by atoms with van der Waals surface area (Å²) < 4.78 is 5.78. The number of rotatable bonds is 4. The first kappa shape index (κ1) is 11.8. The van der Waals surface area contributed by atoms with Crippen molar-refractivity contribution in [3.63, 3.8) is 0 Å². The summed E-state index contributed by atoms with van der Waals surface area (Å²) in [7, 11) is 0. The summed E-state index contributed by atoms with van der Waals surface area (Å²) in [6.45, 7) is 4.21. The lowest BCUT2D eigenvalue weighted by Gasteiger charge is -2.36. The molecule has 0 aromatic heterocycles. The number of morpholine rings is 1. The average Bonchev–Trinajstić information content (AvgIpc) is 2.64. The van der Waals surface area contributed by atoms with Crippen LogP contribution in [0.4, 0.5) is 0 Å². The third-order valence-corrected chi connectivity index (χ3v) is 3.65. The second-order valence-corrected chi connectivity index (χ2v) is 4.87. The normalized spacial score (nSPS) is 31.4. The lowest BCUT2D eigenvalue weighted by molar-refractivity contribution is -0.121. The number of nitrogens with zero attached hydrogens (tertiary/aromatic N) is 1. The van der Waals surface area contributed by atoms with Gasteiger partial charge in [-0.1, -0.05) is 0 Å². The summed E-state index contributed by atoms with van der Waals surface area (Å²) in [5.41, 5.74) is 2.17. The Kier molecular flexibility index (Phi) is 3.78. The van der Waals surface area contributed by atoms with Crippen LogP contribution in [0.25, 0.3) is 0 Å². The van der Waals surface area contributed by atoms with Gasteiger partial charge < -0.3 is 4.74 Å². The molecule has 0 spiro atoms. The standard InChI is InChI=1S/C11H21N3O2/c1-8(2-5-11(15)13-12)14-6-9-3-4-10(7-14)16-9/h8-10H,2-7,12H2,1H3,(H,13,15). The fourth-order valence-electron chi connectivity index (χ4n) is 2.60. The summed E-state index contributed by atoms with van der Waals surface area (Å²) in [6, 6.07) is 0.435. The summed E-state index contributed by atoms with van der Waals surface area (Å²) in [5, 5.41) is 0. The first-order valence-electron chi connectivity index (χ1n) is 6.08. The van der Waals surface area contributed by atoms with Crippen molar-refractivity contribution in [3.8, 4) is 0 Å². The van der Waals surface area contributed by atoms with Gasteiger partial charge in [-0.15, -0.1) is 0 Å². The number of nitrogens with one attached hydrogen (secondary N) is 1. The monoisotopic (exact) mass is 227 g/mol. The van der Waals surface area contributed by atoms with Crippen LogP contribution in [0, 0.1) is 0 Å². The molecule has 2 heterocycles. The Morgan fingerprint density at radius 3 is 2.69 bits per heavy atom. The Labute approximate surface area is 96.3 Å². The average molecular weight is 227 g/mol. The van der Waals surface area contributed by atoms with E-state index in [0.717, 1.165) is 19.5 Å². The lowest BCUT2D eigenvalue weighted by atomic mass is 10.1. The van der Waals surface area contributed by atoms with Crippen molar-refractivity contribution in [1.29, 1.82) is 0 Å². The van der Waals surface area contributed by atoms with E-state index in [4.69, 9.17) is 10.6 Å². The van der Waals surface area contributed by atoms with Gasteiger partial charge in [-0.25, -0.2) is 5.84 Å². The van der Waals surface area contributed by atoms with Gasteiger partial charge in [-0.2, -0.15) is 0 Å². The highest BCUT2D eigenvalue weighted by Crippen LogP contribution is 2.27. The van der Waals surface area contributed by atoms with Crippen molar-refractivity contribution in [2.75, 3.05) is 13.1 Å². The number of hydrogen-bond donors (Lipinski definition) is 2. The van der Waals surface area contributed by atoms with Crippen LogP contribution in [0.5, 0.6) is 0 Å². The van der Waals surface area contributed by atoms with E-state index in [9.17, 15) is 4.79 Å². The zero-order valence-corrected chi connectivity index (χ0v) is 9.82. The molecule has 0 aromatic rings. The molecule has 2 fully saturated rings. The van der Waals surface area contributed by atoms with E-state index in [1.165, 1.54) is 12.8 Å². The Hall–Kier alpha value is -0.650. The molecule has 1 amide bonds. The van der Waals surface area contributed by atoms with Gasteiger partial charge in [0.25, 0.3) is 0 Å². The molecule has 92 valence electrons. The molecule has 2 saturated heterocycles. The molecule has 5 nitrogen and oxygen atoms in total. The molecule has 5 heteroatoms. The summed E-state index contributed by atoms with van der Waals surface area (Å²) >= 11 is 0. The fourth-order valence-corrected chi connectivity index (χ4v) is 2.60. The van der Waals surface area contributed by atoms with E-state index in [1.54, 1.807) is 0 Å². The van der Waals surface area contributed by atoms with Gasteiger partial charge in [-0.05, 0) is 26.2 Å². The van der Waals surface area contributed by atoms with Crippen LogP contribution in [-0.2, 0) is 9.53 Å². The number of amides is 1. The van der Waals surface area contributed by atoms with Gasteiger partial charge in [0.1, 0.15) is 0 Å². The quantitative estimate of drug-likeness (QED) is 0.403. The molecule has 0 aliphatic carbocycles. The van der Waals surface area contributed by atoms with Crippen LogP contribution in [0.2, 0.25) is 0 Å². The van der Waals surface area contributed by atoms with Gasteiger partial charge in [0.05, 0.1) is 12.2 Å². The van der Waals surface area contributed by atoms with Crippen LogP contribution < -0.4 is 11.3 Å². The fraction of sp³-hybridized carbons (Fsp3) is 0.909. The zero-order chi connectivity index (χ0) is 11.5. The SMILES string of the molecule is CC(CCC(=O)NN)N1CC2CCC(C1)O2. The molecule has 16 heavy (non-hydrogen) atoms. The highest BCUT2D eigenvalue weighted by molar-refractivity contribution is 5.75. The number of nitrogens with two attached hydrogens (primary N) is 1. The molecule has 2 bridgehead atoms. The van der Waals surface area contributed by atoms with Gasteiger partial charge in [-0.3, -0.25) is 15.1 Å². The second-order valence-electron chi connectivity index (χ2n) is 4.87. The maximum absolute atomic E-state index is 11.1. The lowest BCUT2D eigenvalue weighted by Crippen LogP contribution is -2.47. The van der Waals surface area contributed by atoms with Gasteiger partial charge in [0.2, 0.25) is 5.91 Å². The van der Waals surface area contributed by atoms with E-state index in [2.05, 4.69) is 17.2 Å². The van der Waals surface area contributed by atoms with Gasteiger partial charge in [0, 0.05) is 25.6 Å². The van der Waals surface area contributed by atoms with Crippen LogP contribution in [0.1, 0.15) is 32.6 Å². The van der Waals surface area contributed by atoms with Crippen molar-refractivity contribution in [2.24, 2.45) is 5.84 Å². The van der Waals surface area contributed by atoms with Crippen LogP contribution in [0.3, 0.4) is 0 Å². The Balaban J connectivity index is 1.76. The highest BCUT2D eigenvalue weighted by atomic mass is 16.5. The van der Waals surface area contributed by atoms with Crippen LogP contribution in [0.15, 0.2) is 0 Å². The molecule has 3 unspecified atom stereocenters. The number of hydrazine groups is 1. The minimum atomic E-state index is -0.0805. The molecule has 2 aliphatic rings. The summed E-state index contributed by atoms with van der Waals surface area (Å²) in [4.78, 5) is 13.5. The Bertz CT molecular complexity index is 248. The number of carbonyl (C=O) groups excluding carboxylic acids is 1. The van der Waals surface area contributed by atoms with Crippen molar-refractivity contribution in [3.05, 3.63) is 0 Å². The predicted molar refractivity (Wildman–Crippen MR) is 60.5 cm³/mol. The first-order chi connectivity index (χ1) is 7.69. The molecule has 0 saturated carbocycles. The molecule has 3 N–H and O–H groups in total. The summed E-state index contributed by atoms with van der Waals surface area (Å²) in [5.74, 6) is 4.98. The summed E-state index contributed by atoms with van der Waals surface area (Å²) in [6.07, 6.45) is 4.59. The predicted octanol–water partition coefficient (Wildman–Crippen LogP) is 0.00820. The van der Waals surface area contributed by atoms with Crippen LogP contribution >= 0.6 is 0 Å². The molecule has 2 rings (SSSR count). The minimum Gasteiger partial charge on any atom is -0.372 e. The maximum Gasteiger partial charge on any atom is 0.233 e. The van der Waals surface area contributed by atoms with E-state index < -0.39 is 0 Å². The zero-order valence-electron chi connectivity index (χ0n) is 9.82. The van der Waals surface area contributed by atoms with E-state index in [-0.39, 0.29) is 5.91 Å². The topological polar surface area (TPSA) is 67.6 Å². The van der Waals surface area contributed by atoms with Crippen molar-refractivity contribution >= 4 is 5.91 Å². The number of carbonyl (C=O) groups is 1. The van der Waals surface area contributed by atoms with E-state index in [0.29, 0.717) is 24.7 Å². The van der Waals surface area contributed by atoms with E-state index in [1.807, 2.05) is 0 Å². The van der Waals surface area contributed by atoms with Gasteiger partial charge >= 0.3 is 0 Å². The van der Waals surface area contributed by atoms with Crippen molar-refractivity contribution in [1.82, 2.24) is 10.3 Å². The number of fused-ring (bicyclic) bond motifs is 2. The Morgan fingerprint density at radius 2 is 2.12 bits per heavy atom. The van der Waals surface area contributed by atoms with Crippen LogP contribution in [-0.4, -0.2) is 42.1 Å². The molecular weight excluding hydrogens is 206 g/mol. The first-order valence-corrected chi connectivity index (χ1v) is 6.08. The molecule has 3 atom stereocenters. The molecule has 0 radical (unpaired) electrons. The second kappa shape index (κ2) is 5.12. The van der Waals surface area contributed by atoms with E-state index >= 15 is 0 Å². The largest absolute Gasteiger partial charge is 0.372 e. The number of ether oxygens (including phenoxy) is 1. The maximum atomic E-state index is 11.1. The highest BCUT2D eigenvalue weighted by Gasteiger charge is 2.35. The number of likely N-dealkylation sites (tertiary alicyclic amines) is 1. The smallest absolute Gasteiger partial charge is 0.233 e. The minimum absolute atomic E-state index is 0.0805. The molecular formula is C11H21N3O2. The van der Waals surface area contributed by atoms with Crippen molar-refractivity contribution < 1.29 is 9.53 Å².